The number of nitriles is 1. The summed E-state index contributed by atoms with van der Waals surface area (Å²) in [6.07, 6.45) is 3.39. The van der Waals surface area contributed by atoms with Gasteiger partial charge in [-0.1, -0.05) is 41.9 Å². The van der Waals surface area contributed by atoms with E-state index in [4.69, 9.17) is 27.3 Å². The van der Waals surface area contributed by atoms with Crippen molar-refractivity contribution in [2.45, 2.75) is 6.54 Å². The van der Waals surface area contributed by atoms with Crippen molar-refractivity contribution in [3.8, 4) is 11.8 Å². The van der Waals surface area contributed by atoms with Gasteiger partial charge in [0.05, 0.1) is 11.6 Å². The van der Waals surface area contributed by atoms with E-state index in [0.29, 0.717) is 23.9 Å². The number of ether oxygens (including phenoxy) is 1. The minimum atomic E-state index is -0.744. The van der Waals surface area contributed by atoms with Crippen molar-refractivity contribution in [2.24, 2.45) is 5.73 Å². The fourth-order valence-electron chi connectivity index (χ4n) is 2.70. The van der Waals surface area contributed by atoms with Crippen LogP contribution in [0.25, 0.3) is 17.0 Å². The van der Waals surface area contributed by atoms with E-state index in [1.807, 2.05) is 59.3 Å². The van der Waals surface area contributed by atoms with Crippen molar-refractivity contribution in [3.05, 3.63) is 70.9 Å². The van der Waals surface area contributed by atoms with Gasteiger partial charge in [-0.3, -0.25) is 4.79 Å². The van der Waals surface area contributed by atoms with Gasteiger partial charge in [0, 0.05) is 22.7 Å². The summed E-state index contributed by atoms with van der Waals surface area (Å²) in [6.45, 7) is 1.00. The van der Waals surface area contributed by atoms with E-state index in [0.717, 1.165) is 16.5 Å². The van der Waals surface area contributed by atoms with E-state index < -0.39 is 5.91 Å². The number of nitrogens with zero attached hydrogens (tertiary/aromatic N) is 2. The number of hydrogen-bond acceptors (Lipinski definition) is 3. The Labute approximate surface area is 155 Å². The van der Waals surface area contributed by atoms with Gasteiger partial charge in [0.2, 0.25) is 0 Å². The zero-order chi connectivity index (χ0) is 18.5. The van der Waals surface area contributed by atoms with E-state index in [1.54, 1.807) is 6.07 Å². The topological polar surface area (TPSA) is 81.0 Å². The van der Waals surface area contributed by atoms with E-state index in [9.17, 15) is 4.79 Å². The number of amides is 1. The first-order valence-corrected chi connectivity index (χ1v) is 8.34. The molecule has 5 nitrogen and oxygen atoms in total. The van der Waals surface area contributed by atoms with E-state index in [2.05, 4.69) is 0 Å². The summed E-state index contributed by atoms with van der Waals surface area (Å²) in [7, 11) is 0. The number of fused-ring (bicyclic) bond motifs is 1. The summed E-state index contributed by atoms with van der Waals surface area (Å²) < 4.78 is 7.75. The molecule has 0 radical (unpaired) electrons. The van der Waals surface area contributed by atoms with Gasteiger partial charge in [0.25, 0.3) is 5.91 Å². The Hall–Kier alpha value is -3.23. The molecule has 130 valence electrons. The van der Waals surface area contributed by atoms with Crippen LogP contribution in [0.1, 0.15) is 5.56 Å². The van der Waals surface area contributed by atoms with Gasteiger partial charge >= 0.3 is 0 Å². The van der Waals surface area contributed by atoms with Crippen LogP contribution >= 0.6 is 11.6 Å². The first kappa shape index (κ1) is 17.6. The van der Waals surface area contributed by atoms with E-state index in [-0.39, 0.29) is 5.57 Å². The SMILES string of the molecule is N#CC(=Cc1cn(CCOc2ccccc2Cl)c2ccccc12)C(N)=O. The average Bonchev–Trinajstić information content (AvgIpc) is 2.99. The number of primary amides is 1. The standard InChI is InChI=1S/C20H16ClN3O2/c21-17-6-2-4-8-19(17)26-10-9-24-13-15(11-14(12-22)20(23)25)16-5-1-3-7-18(16)24/h1-8,11,13H,9-10H2,(H2,23,25). The van der Waals surface area contributed by atoms with Crippen molar-refractivity contribution in [3.63, 3.8) is 0 Å². The fourth-order valence-corrected chi connectivity index (χ4v) is 2.90. The molecule has 0 bridgehead atoms. The molecule has 0 spiro atoms. The van der Waals surface area contributed by atoms with Crippen LogP contribution < -0.4 is 10.5 Å². The number of para-hydroxylation sites is 2. The predicted octanol–water partition coefficient (Wildman–Crippen LogP) is 3.77. The lowest BCUT2D eigenvalue weighted by Crippen LogP contribution is -2.12. The third-order valence-electron chi connectivity index (χ3n) is 3.93. The third-order valence-corrected chi connectivity index (χ3v) is 4.24. The summed E-state index contributed by atoms with van der Waals surface area (Å²) in [5.74, 6) is -0.113. The summed E-state index contributed by atoms with van der Waals surface area (Å²) in [4.78, 5) is 11.3. The minimum Gasteiger partial charge on any atom is -0.490 e. The molecule has 0 aliphatic carbocycles. The zero-order valence-corrected chi connectivity index (χ0v) is 14.6. The molecule has 0 atom stereocenters. The average molecular weight is 366 g/mol. The van der Waals surface area contributed by atoms with Gasteiger partial charge in [-0.25, -0.2) is 0 Å². The van der Waals surface area contributed by atoms with Gasteiger partial charge in [0.15, 0.2) is 0 Å². The van der Waals surface area contributed by atoms with Gasteiger partial charge < -0.3 is 15.0 Å². The van der Waals surface area contributed by atoms with Crippen molar-refractivity contribution in [1.29, 1.82) is 5.26 Å². The smallest absolute Gasteiger partial charge is 0.259 e. The second-order valence-corrected chi connectivity index (χ2v) is 6.02. The molecule has 0 saturated carbocycles. The summed E-state index contributed by atoms with van der Waals surface area (Å²) in [6, 6.07) is 16.9. The highest BCUT2D eigenvalue weighted by atomic mass is 35.5. The van der Waals surface area contributed by atoms with Gasteiger partial charge in [-0.05, 0) is 24.3 Å². The number of carbonyl (C=O) groups is 1. The second kappa shape index (κ2) is 7.77. The zero-order valence-electron chi connectivity index (χ0n) is 13.9. The van der Waals surface area contributed by atoms with Crippen LogP contribution in [0, 0.1) is 11.3 Å². The lowest BCUT2D eigenvalue weighted by molar-refractivity contribution is -0.114. The Morgan fingerprint density at radius 2 is 1.96 bits per heavy atom. The van der Waals surface area contributed by atoms with Crippen molar-refractivity contribution in [2.75, 3.05) is 6.61 Å². The Bertz CT molecular complexity index is 1030. The van der Waals surface area contributed by atoms with Crippen LogP contribution in [0.2, 0.25) is 5.02 Å². The largest absolute Gasteiger partial charge is 0.490 e. The lowest BCUT2D eigenvalue weighted by Gasteiger charge is -2.09. The van der Waals surface area contributed by atoms with Crippen LogP contribution in [0.15, 0.2) is 60.3 Å². The molecule has 0 saturated heterocycles. The van der Waals surface area contributed by atoms with Crippen molar-refractivity contribution in [1.82, 2.24) is 4.57 Å². The van der Waals surface area contributed by atoms with Crippen molar-refractivity contribution < 1.29 is 9.53 Å². The second-order valence-electron chi connectivity index (χ2n) is 5.61. The summed E-state index contributed by atoms with van der Waals surface area (Å²) in [5.41, 5.74) is 6.89. The van der Waals surface area contributed by atoms with E-state index >= 15 is 0 Å². The Kier molecular flexibility index (Phi) is 5.26. The molecular formula is C20H16ClN3O2. The molecule has 3 rings (SSSR count). The highest BCUT2D eigenvalue weighted by Crippen LogP contribution is 2.25. The molecule has 0 aliphatic rings. The maximum Gasteiger partial charge on any atom is 0.259 e. The molecule has 0 unspecified atom stereocenters. The molecule has 1 amide bonds. The predicted molar refractivity (Wildman–Crippen MR) is 102 cm³/mol. The van der Waals surface area contributed by atoms with Crippen LogP contribution in [0.3, 0.4) is 0 Å². The van der Waals surface area contributed by atoms with Gasteiger partial charge in [-0.15, -0.1) is 0 Å². The number of aromatic nitrogens is 1. The fraction of sp³-hybridized carbons (Fsp3) is 0.100. The number of hydrogen-bond donors (Lipinski definition) is 1. The number of halogens is 1. The number of benzene rings is 2. The molecule has 2 aromatic carbocycles. The molecule has 3 aromatic rings. The van der Waals surface area contributed by atoms with Crippen LogP contribution in [-0.2, 0) is 11.3 Å². The number of carbonyl (C=O) groups excluding carboxylic acids is 1. The molecule has 0 aliphatic heterocycles. The normalized spacial score (nSPS) is 11.3. The molecule has 1 heterocycles. The molecule has 6 heteroatoms. The van der Waals surface area contributed by atoms with E-state index in [1.165, 1.54) is 6.08 Å². The lowest BCUT2D eigenvalue weighted by atomic mass is 10.1. The molecule has 1 aromatic heterocycles. The molecular weight excluding hydrogens is 350 g/mol. The van der Waals surface area contributed by atoms with Crippen molar-refractivity contribution >= 4 is 34.5 Å². The Morgan fingerprint density at radius 3 is 2.69 bits per heavy atom. The van der Waals surface area contributed by atoms with Crippen LogP contribution in [-0.4, -0.2) is 17.1 Å². The minimum absolute atomic E-state index is 0.0831. The maximum atomic E-state index is 11.3. The number of rotatable bonds is 6. The highest BCUT2D eigenvalue weighted by Gasteiger charge is 2.10. The first-order valence-electron chi connectivity index (χ1n) is 7.97. The molecule has 2 N–H and O–H groups in total. The van der Waals surface area contributed by atoms with Crippen LogP contribution in [0.5, 0.6) is 5.75 Å². The number of nitrogens with two attached hydrogens (primary N) is 1. The monoisotopic (exact) mass is 365 g/mol. The van der Waals surface area contributed by atoms with Crippen LogP contribution in [0.4, 0.5) is 0 Å². The first-order chi connectivity index (χ1) is 12.6. The Balaban J connectivity index is 1.86. The van der Waals surface area contributed by atoms with Gasteiger partial charge in [-0.2, -0.15) is 5.26 Å². The maximum absolute atomic E-state index is 11.3. The summed E-state index contributed by atoms with van der Waals surface area (Å²) >= 11 is 6.09. The highest BCUT2D eigenvalue weighted by molar-refractivity contribution is 6.32. The third kappa shape index (κ3) is 3.71. The molecule has 0 fully saturated rings. The Morgan fingerprint density at radius 1 is 1.23 bits per heavy atom. The van der Waals surface area contributed by atoms with Gasteiger partial charge in [0.1, 0.15) is 24.0 Å². The summed E-state index contributed by atoms with van der Waals surface area (Å²) in [5, 5.41) is 10.6. The molecule has 26 heavy (non-hydrogen) atoms. The quantitative estimate of drug-likeness (QED) is 0.533.